The van der Waals surface area contributed by atoms with Gasteiger partial charge in [-0.15, -0.1) is 0 Å². The molecule has 0 aliphatic heterocycles. The Morgan fingerprint density at radius 2 is 1.65 bits per heavy atom. The lowest BCUT2D eigenvalue weighted by Gasteiger charge is -2.61. The Morgan fingerprint density at radius 3 is 2.32 bits per heavy atom. The zero-order valence-corrected chi connectivity index (χ0v) is 19.3. The number of esters is 2. The van der Waals surface area contributed by atoms with Crippen molar-refractivity contribution in [3.05, 3.63) is 0 Å². The topological polar surface area (TPSA) is 86.7 Å². The summed E-state index contributed by atoms with van der Waals surface area (Å²) < 4.78 is 10.9. The van der Waals surface area contributed by atoms with E-state index in [1.54, 1.807) is 0 Å². The number of fused-ring (bicyclic) bond motifs is 5. The van der Waals surface area contributed by atoms with Gasteiger partial charge in [-0.25, -0.2) is 0 Å². The van der Waals surface area contributed by atoms with Gasteiger partial charge in [0.15, 0.2) is 12.2 Å². The van der Waals surface area contributed by atoms with Crippen LogP contribution in [0, 0.1) is 34.5 Å². The fourth-order valence-corrected chi connectivity index (χ4v) is 8.26. The van der Waals surface area contributed by atoms with Crippen molar-refractivity contribution in [2.45, 2.75) is 91.1 Å². The molecule has 0 saturated heterocycles. The predicted octanol–water partition coefficient (Wildman–Crippen LogP) is 4.03. The number of hydrogen-bond donors (Lipinski definition) is 0. The maximum Gasteiger partial charge on any atom is 0.303 e. The van der Waals surface area contributed by atoms with Crippen LogP contribution in [0.5, 0.6) is 0 Å². The summed E-state index contributed by atoms with van der Waals surface area (Å²) in [5, 5.41) is 0. The van der Waals surface area contributed by atoms with Crippen LogP contribution in [0.1, 0.15) is 85.5 Å². The molecule has 4 saturated carbocycles. The monoisotopic (exact) mass is 432 g/mol. The van der Waals surface area contributed by atoms with Gasteiger partial charge in [0, 0.05) is 32.1 Å². The van der Waals surface area contributed by atoms with Crippen molar-refractivity contribution in [3.63, 3.8) is 0 Å². The number of Topliss-reactive ketones (excluding diaryl/α,β-unsaturated/α-hetero) is 2. The second-order valence-corrected chi connectivity index (χ2v) is 11.0. The molecule has 6 nitrogen and oxygen atoms in total. The van der Waals surface area contributed by atoms with Crippen LogP contribution in [0.4, 0.5) is 0 Å². The summed E-state index contributed by atoms with van der Waals surface area (Å²) in [6, 6.07) is 0. The third-order valence-corrected chi connectivity index (χ3v) is 9.78. The standard InChI is InChI=1S/C25H36O6/c1-15(26)30-14-22(29)25(31-16(2)27)12-9-21-19-6-5-17-13-18(28)7-10-23(17,3)20(19)8-11-24(21,25)4/h17,19-21H,5-14H2,1-4H3/t17-,19+,20-,21-,23-,24-,25-/m0/s1. The van der Waals surface area contributed by atoms with Crippen molar-refractivity contribution < 1.29 is 28.7 Å². The van der Waals surface area contributed by atoms with Crippen LogP contribution < -0.4 is 0 Å². The quantitative estimate of drug-likeness (QED) is 0.623. The smallest absolute Gasteiger partial charge is 0.303 e. The van der Waals surface area contributed by atoms with Crippen molar-refractivity contribution in [1.82, 2.24) is 0 Å². The SMILES string of the molecule is CC(=O)OCC(=O)[C@@]1(OC(C)=O)CC[C@H]2[C@@H]3CC[C@H]4CC(=O)CC[C@]4(C)[C@H]3CC[C@@]21C. The molecule has 31 heavy (non-hydrogen) atoms. The van der Waals surface area contributed by atoms with Crippen molar-refractivity contribution in [2.24, 2.45) is 34.5 Å². The van der Waals surface area contributed by atoms with Gasteiger partial charge >= 0.3 is 11.9 Å². The van der Waals surface area contributed by atoms with E-state index in [9.17, 15) is 19.2 Å². The zero-order valence-electron chi connectivity index (χ0n) is 19.3. The summed E-state index contributed by atoms with van der Waals surface area (Å²) in [6.45, 7) is 6.80. The van der Waals surface area contributed by atoms with E-state index in [-0.39, 0.29) is 17.8 Å². The molecule has 6 heteroatoms. The first-order valence-corrected chi connectivity index (χ1v) is 11.9. The van der Waals surface area contributed by atoms with Gasteiger partial charge in [-0.3, -0.25) is 19.2 Å². The molecule has 0 heterocycles. The van der Waals surface area contributed by atoms with E-state index in [0.717, 1.165) is 44.9 Å². The number of ether oxygens (including phenoxy) is 2. The summed E-state index contributed by atoms with van der Waals surface area (Å²) in [5.41, 5.74) is -1.48. The maximum absolute atomic E-state index is 13.4. The lowest BCUT2D eigenvalue weighted by atomic mass is 9.44. The highest BCUT2D eigenvalue weighted by atomic mass is 16.6. The largest absolute Gasteiger partial charge is 0.458 e. The summed E-state index contributed by atoms with van der Waals surface area (Å²) in [4.78, 5) is 48.9. The van der Waals surface area contributed by atoms with Crippen LogP contribution in [-0.2, 0) is 28.7 Å². The summed E-state index contributed by atoms with van der Waals surface area (Å²) in [6.07, 6.45) is 7.67. The lowest BCUT2D eigenvalue weighted by Crippen LogP contribution is -2.60. The van der Waals surface area contributed by atoms with Crippen LogP contribution in [0.2, 0.25) is 0 Å². The highest BCUT2D eigenvalue weighted by molar-refractivity contribution is 5.93. The van der Waals surface area contributed by atoms with E-state index in [0.29, 0.717) is 42.3 Å². The Bertz CT molecular complexity index is 804. The number of ketones is 2. The lowest BCUT2D eigenvalue weighted by molar-refractivity contribution is -0.194. The van der Waals surface area contributed by atoms with Gasteiger partial charge in [0.1, 0.15) is 5.78 Å². The Kier molecular flexibility index (Phi) is 5.58. The molecule has 4 rings (SSSR count). The first-order valence-electron chi connectivity index (χ1n) is 11.9. The number of hydrogen-bond acceptors (Lipinski definition) is 6. The van der Waals surface area contributed by atoms with Gasteiger partial charge in [-0.05, 0) is 74.0 Å². The zero-order chi connectivity index (χ0) is 22.6. The Balaban J connectivity index is 1.64. The molecule has 0 aromatic rings. The van der Waals surface area contributed by atoms with Crippen molar-refractivity contribution in [2.75, 3.05) is 6.61 Å². The molecular formula is C25H36O6. The van der Waals surface area contributed by atoms with Crippen LogP contribution >= 0.6 is 0 Å². The molecule has 0 bridgehead atoms. The molecule has 0 amide bonds. The maximum atomic E-state index is 13.4. The third kappa shape index (κ3) is 3.36. The highest BCUT2D eigenvalue weighted by Crippen LogP contribution is 2.68. The molecule has 4 aliphatic carbocycles. The van der Waals surface area contributed by atoms with Gasteiger partial charge in [-0.1, -0.05) is 13.8 Å². The first-order chi connectivity index (χ1) is 14.5. The van der Waals surface area contributed by atoms with Crippen LogP contribution in [0.3, 0.4) is 0 Å². The Labute approximate surface area is 184 Å². The van der Waals surface area contributed by atoms with E-state index in [2.05, 4.69) is 13.8 Å². The van der Waals surface area contributed by atoms with Gasteiger partial charge < -0.3 is 9.47 Å². The second-order valence-electron chi connectivity index (χ2n) is 11.0. The summed E-state index contributed by atoms with van der Waals surface area (Å²) >= 11 is 0. The summed E-state index contributed by atoms with van der Waals surface area (Å²) in [7, 11) is 0. The highest BCUT2D eigenvalue weighted by Gasteiger charge is 2.69. The third-order valence-electron chi connectivity index (χ3n) is 9.78. The predicted molar refractivity (Wildman–Crippen MR) is 113 cm³/mol. The fourth-order valence-electron chi connectivity index (χ4n) is 8.26. The summed E-state index contributed by atoms with van der Waals surface area (Å²) in [5.74, 6) is 0.958. The Hall–Kier alpha value is -1.72. The molecule has 0 radical (unpaired) electrons. The van der Waals surface area contributed by atoms with E-state index in [4.69, 9.17) is 9.47 Å². The number of carbonyl (C=O) groups excluding carboxylic acids is 4. The molecule has 0 N–H and O–H groups in total. The number of carbonyl (C=O) groups is 4. The molecule has 172 valence electrons. The van der Waals surface area contributed by atoms with Crippen molar-refractivity contribution in [3.8, 4) is 0 Å². The first kappa shape index (κ1) is 22.5. The Morgan fingerprint density at radius 1 is 0.935 bits per heavy atom. The van der Waals surface area contributed by atoms with Crippen LogP contribution in [0.25, 0.3) is 0 Å². The molecule has 4 aliphatic rings. The van der Waals surface area contributed by atoms with Crippen molar-refractivity contribution >= 4 is 23.5 Å². The van der Waals surface area contributed by atoms with Crippen LogP contribution in [-0.4, -0.2) is 35.7 Å². The molecule has 0 aromatic carbocycles. The molecule has 0 spiro atoms. The van der Waals surface area contributed by atoms with E-state index in [1.165, 1.54) is 13.8 Å². The second kappa shape index (κ2) is 7.70. The number of rotatable bonds is 4. The minimum absolute atomic E-state index is 0.187. The van der Waals surface area contributed by atoms with E-state index >= 15 is 0 Å². The average Bonchev–Trinajstić information content (AvgIpc) is 2.99. The average molecular weight is 433 g/mol. The molecule has 0 aromatic heterocycles. The van der Waals surface area contributed by atoms with Gasteiger partial charge in [0.25, 0.3) is 0 Å². The minimum atomic E-state index is -1.22. The minimum Gasteiger partial charge on any atom is -0.458 e. The molecule has 4 fully saturated rings. The van der Waals surface area contributed by atoms with E-state index < -0.39 is 23.0 Å². The molecular weight excluding hydrogens is 396 g/mol. The van der Waals surface area contributed by atoms with Gasteiger partial charge in [0.05, 0.1) is 0 Å². The fraction of sp³-hybridized carbons (Fsp3) is 0.840. The molecule has 0 unspecified atom stereocenters. The van der Waals surface area contributed by atoms with E-state index in [1.807, 2.05) is 0 Å². The normalized spacial score (nSPS) is 43.9. The van der Waals surface area contributed by atoms with Gasteiger partial charge in [-0.2, -0.15) is 0 Å². The van der Waals surface area contributed by atoms with Gasteiger partial charge in [0.2, 0.25) is 5.78 Å². The molecule has 7 atom stereocenters. The van der Waals surface area contributed by atoms with Crippen molar-refractivity contribution in [1.29, 1.82) is 0 Å². The van der Waals surface area contributed by atoms with Crippen LogP contribution in [0.15, 0.2) is 0 Å².